The number of phenolic OH excluding ortho intramolecular Hbond substituents is 1. The van der Waals surface area contributed by atoms with Crippen molar-refractivity contribution < 1.29 is 9.90 Å². The summed E-state index contributed by atoms with van der Waals surface area (Å²) < 4.78 is 0. The largest absolute Gasteiger partial charge is 0.507 e. The number of rotatable bonds is 8. The van der Waals surface area contributed by atoms with E-state index < -0.39 is 0 Å². The molecule has 0 fully saturated rings. The zero-order valence-electron chi connectivity index (χ0n) is 17.0. The van der Waals surface area contributed by atoms with Crippen LogP contribution in [0.4, 0.5) is 5.69 Å². The van der Waals surface area contributed by atoms with E-state index in [-0.39, 0.29) is 16.7 Å². The average molecular weight is 346 g/mol. The van der Waals surface area contributed by atoms with Gasteiger partial charge in [0.15, 0.2) is 0 Å². The lowest BCUT2D eigenvalue weighted by atomic mass is 9.74. The van der Waals surface area contributed by atoms with E-state index in [1.807, 2.05) is 12.1 Å². The minimum atomic E-state index is -0.191. The van der Waals surface area contributed by atoms with Gasteiger partial charge in [-0.15, -0.1) is 0 Å². The molecular formula is C22H35NO2. The molecule has 0 aromatic heterocycles. The number of hydrogen-bond donors (Lipinski definition) is 2. The third-order valence-electron chi connectivity index (χ3n) is 4.96. The van der Waals surface area contributed by atoms with E-state index in [1.54, 1.807) is 6.92 Å². The van der Waals surface area contributed by atoms with Crippen LogP contribution in [0.25, 0.3) is 0 Å². The van der Waals surface area contributed by atoms with Crippen molar-refractivity contribution in [2.24, 2.45) is 0 Å². The molecular weight excluding hydrogens is 310 g/mol. The molecule has 25 heavy (non-hydrogen) atoms. The highest BCUT2D eigenvalue weighted by atomic mass is 16.3. The maximum atomic E-state index is 12.1. The van der Waals surface area contributed by atoms with E-state index in [2.05, 4.69) is 53.4 Å². The zero-order chi connectivity index (χ0) is 19.4. The highest BCUT2D eigenvalue weighted by Gasteiger charge is 2.30. The predicted molar refractivity (Wildman–Crippen MR) is 107 cm³/mol. The molecule has 0 aliphatic heterocycles. The molecule has 0 atom stereocenters. The summed E-state index contributed by atoms with van der Waals surface area (Å²) in [5.41, 5.74) is 2.65. The summed E-state index contributed by atoms with van der Waals surface area (Å²) in [4.78, 5) is 12.1. The molecule has 0 unspecified atom stereocenters. The SMILES string of the molecule is C=C(C)C(=O)Nc1cc(C(C)(C)CCC)c(O)c(C(C)(C)CCC)c1. The van der Waals surface area contributed by atoms with Crippen LogP contribution in [0, 0.1) is 0 Å². The van der Waals surface area contributed by atoms with E-state index in [4.69, 9.17) is 0 Å². The Hall–Kier alpha value is -1.77. The number of amides is 1. The van der Waals surface area contributed by atoms with Crippen LogP contribution in [0.1, 0.15) is 85.3 Å². The molecule has 0 aliphatic rings. The van der Waals surface area contributed by atoms with Crippen LogP contribution in [0.15, 0.2) is 24.3 Å². The fraction of sp³-hybridized carbons (Fsp3) is 0.591. The molecule has 1 aromatic carbocycles. The van der Waals surface area contributed by atoms with Crippen molar-refractivity contribution in [1.82, 2.24) is 0 Å². The van der Waals surface area contributed by atoms with Gasteiger partial charge in [-0.3, -0.25) is 4.79 Å². The Balaban J connectivity index is 3.55. The number of phenols is 1. The van der Waals surface area contributed by atoms with Crippen LogP contribution >= 0.6 is 0 Å². The van der Waals surface area contributed by atoms with E-state index in [0.717, 1.165) is 42.5 Å². The van der Waals surface area contributed by atoms with Crippen molar-refractivity contribution in [2.45, 2.75) is 85.0 Å². The monoisotopic (exact) mass is 345 g/mol. The lowest BCUT2D eigenvalue weighted by Gasteiger charge is -2.32. The highest BCUT2D eigenvalue weighted by molar-refractivity contribution is 6.03. The molecule has 0 spiro atoms. The van der Waals surface area contributed by atoms with Crippen LogP contribution in [0.5, 0.6) is 5.75 Å². The first-order chi connectivity index (χ1) is 11.5. The van der Waals surface area contributed by atoms with Crippen molar-refractivity contribution in [2.75, 3.05) is 5.32 Å². The second-order valence-corrected chi connectivity index (χ2v) is 8.42. The Morgan fingerprint density at radius 1 is 1.04 bits per heavy atom. The zero-order valence-corrected chi connectivity index (χ0v) is 17.0. The molecule has 3 nitrogen and oxygen atoms in total. The fourth-order valence-electron chi connectivity index (χ4n) is 3.50. The fourth-order valence-corrected chi connectivity index (χ4v) is 3.50. The number of carbonyl (C=O) groups is 1. The highest BCUT2D eigenvalue weighted by Crippen LogP contribution is 2.44. The second-order valence-electron chi connectivity index (χ2n) is 8.42. The third-order valence-corrected chi connectivity index (χ3v) is 4.96. The summed E-state index contributed by atoms with van der Waals surface area (Å²) >= 11 is 0. The molecule has 140 valence electrons. The number of anilines is 1. The molecule has 0 aliphatic carbocycles. The average Bonchev–Trinajstić information content (AvgIpc) is 2.48. The Kier molecular flexibility index (Phi) is 6.87. The maximum Gasteiger partial charge on any atom is 0.250 e. The Bertz CT molecular complexity index is 602. The van der Waals surface area contributed by atoms with Gasteiger partial charge in [0.1, 0.15) is 5.75 Å². The molecule has 0 saturated carbocycles. The summed E-state index contributed by atoms with van der Waals surface area (Å²) in [7, 11) is 0. The maximum absolute atomic E-state index is 12.1. The lowest BCUT2D eigenvalue weighted by molar-refractivity contribution is -0.112. The van der Waals surface area contributed by atoms with Crippen LogP contribution in [-0.2, 0) is 15.6 Å². The van der Waals surface area contributed by atoms with Gasteiger partial charge in [-0.2, -0.15) is 0 Å². The van der Waals surface area contributed by atoms with Crippen LogP contribution in [0.2, 0.25) is 0 Å². The van der Waals surface area contributed by atoms with Gasteiger partial charge >= 0.3 is 0 Å². The molecule has 1 amide bonds. The predicted octanol–water partition coefficient (Wildman–Crippen LogP) is 6.06. The Morgan fingerprint density at radius 3 is 1.76 bits per heavy atom. The number of carbonyl (C=O) groups excluding carboxylic acids is 1. The first kappa shape index (κ1) is 21.3. The Morgan fingerprint density at radius 2 is 1.44 bits per heavy atom. The summed E-state index contributed by atoms with van der Waals surface area (Å²) in [6, 6.07) is 3.83. The molecule has 0 bridgehead atoms. The van der Waals surface area contributed by atoms with Crippen molar-refractivity contribution in [3.63, 3.8) is 0 Å². The van der Waals surface area contributed by atoms with Crippen molar-refractivity contribution >= 4 is 11.6 Å². The van der Waals surface area contributed by atoms with E-state index >= 15 is 0 Å². The first-order valence-electron chi connectivity index (χ1n) is 9.31. The van der Waals surface area contributed by atoms with E-state index in [1.165, 1.54) is 0 Å². The quantitative estimate of drug-likeness (QED) is 0.444. The number of aromatic hydroxyl groups is 1. The van der Waals surface area contributed by atoms with E-state index in [0.29, 0.717) is 11.3 Å². The smallest absolute Gasteiger partial charge is 0.250 e. The van der Waals surface area contributed by atoms with Crippen molar-refractivity contribution in [3.05, 3.63) is 35.4 Å². The Labute approximate surface area is 153 Å². The summed E-state index contributed by atoms with van der Waals surface area (Å²) in [5.74, 6) is 0.175. The topological polar surface area (TPSA) is 49.3 Å². The molecule has 0 saturated heterocycles. The molecule has 1 rings (SSSR count). The summed E-state index contributed by atoms with van der Waals surface area (Å²) in [6.45, 7) is 18.3. The molecule has 1 aromatic rings. The second kappa shape index (κ2) is 8.07. The molecule has 0 heterocycles. The van der Waals surface area contributed by atoms with Gasteiger partial charge in [0, 0.05) is 22.4 Å². The van der Waals surface area contributed by atoms with Gasteiger partial charge in [-0.1, -0.05) is 61.0 Å². The minimum Gasteiger partial charge on any atom is -0.507 e. The van der Waals surface area contributed by atoms with Crippen molar-refractivity contribution in [3.8, 4) is 5.75 Å². The van der Waals surface area contributed by atoms with E-state index in [9.17, 15) is 9.90 Å². The van der Waals surface area contributed by atoms with Crippen LogP contribution < -0.4 is 5.32 Å². The number of hydrogen-bond acceptors (Lipinski definition) is 2. The normalized spacial score (nSPS) is 12.1. The molecule has 2 N–H and O–H groups in total. The van der Waals surface area contributed by atoms with Gasteiger partial charge < -0.3 is 10.4 Å². The van der Waals surface area contributed by atoms with Gasteiger partial charge in [0.05, 0.1) is 0 Å². The number of benzene rings is 1. The molecule has 0 radical (unpaired) electrons. The minimum absolute atomic E-state index is 0.167. The van der Waals surface area contributed by atoms with Crippen molar-refractivity contribution in [1.29, 1.82) is 0 Å². The first-order valence-corrected chi connectivity index (χ1v) is 9.31. The van der Waals surface area contributed by atoms with Gasteiger partial charge in [-0.25, -0.2) is 0 Å². The van der Waals surface area contributed by atoms with Crippen LogP contribution in [0.3, 0.4) is 0 Å². The lowest BCUT2D eigenvalue weighted by Crippen LogP contribution is -2.23. The standard InChI is InChI=1S/C22H35NO2/c1-9-11-21(5,6)17-13-16(23-20(25)15(3)4)14-18(19(17)24)22(7,8)12-10-2/h13-14,24H,3,9-12H2,1-2,4-8H3,(H,23,25). The summed E-state index contributed by atoms with van der Waals surface area (Å²) in [6.07, 6.45) is 3.99. The van der Waals surface area contributed by atoms with Gasteiger partial charge in [-0.05, 0) is 42.7 Å². The van der Waals surface area contributed by atoms with Crippen LogP contribution in [-0.4, -0.2) is 11.0 Å². The molecule has 3 heteroatoms. The number of nitrogens with one attached hydrogen (secondary N) is 1. The van der Waals surface area contributed by atoms with Gasteiger partial charge in [0.2, 0.25) is 0 Å². The third kappa shape index (κ3) is 5.10. The summed E-state index contributed by atoms with van der Waals surface area (Å²) in [5, 5.41) is 14.0. The van der Waals surface area contributed by atoms with Gasteiger partial charge in [0.25, 0.3) is 5.91 Å².